The number of piperidine rings is 1. The molecule has 2 bridgehead atoms. The molecule has 5 heteroatoms. The Morgan fingerprint density at radius 1 is 1.35 bits per heavy atom. The summed E-state index contributed by atoms with van der Waals surface area (Å²) in [6.45, 7) is 2.84. The van der Waals surface area contributed by atoms with Crippen LogP contribution in [-0.2, 0) is 0 Å². The van der Waals surface area contributed by atoms with Crippen LogP contribution in [0.5, 0.6) is 0 Å². The van der Waals surface area contributed by atoms with Gasteiger partial charge in [0.1, 0.15) is 5.69 Å². The number of aromatic nitrogens is 2. The summed E-state index contributed by atoms with van der Waals surface area (Å²) in [5.41, 5.74) is 0.559. The van der Waals surface area contributed by atoms with Crippen molar-refractivity contribution in [2.75, 3.05) is 19.6 Å². The molecule has 2 heterocycles. The summed E-state index contributed by atoms with van der Waals surface area (Å²) in [7, 11) is 0. The lowest BCUT2D eigenvalue weighted by Crippen LogP contribution is -2.32. The average molecular weight is 316 g/mol. The normalized spacial score (nSPS) is 33.0. The molecule has 1 aliphatic heterocycles. The maximum atomic E-state index is 12.3. The molecular formula is C18H28N4O. The molecule has 4 atom stereocenters. The monoisotopic (exact) mass is 316 g/mol. The van der Waals surface area contributed by atoms with E-state index in [9.17, 15) is 4.79 Å². The first-order valence-electron chi connectivity index (χ1n) is 9.33. The molecule has 3 fully saturated rings. The van der Waals surface area contributed by atoms with Gasteiger partial charge in [-0.2, -0.15) is 5.10 Å². The SMILES string of the molecule is O=C(NCCC1CC2CCC1C2)c1ccn(C2CCCNC2)n1. The van der Waals surface area contributed by atoms with E-state index in [4.69, 9.17) is 0 Å². The third-order valence-corrected chi connectivity index (χ3v) is 6.17. The highest BCUT2D eigenvalue weighted by Gasteiger charge is 2.38. The Morgan fingerprint density at radius 3 is 3.04 bits per heavy atom. The lowest BCUT2D eigenvalue weighted by molar-refractivity contribution is 0.0943. The predicted molar refractivity (Wildman–Crippen MR) is 89.3 cm³/mol. The molecule has 1 aromatic heterocycles. The van der Waals surface area contributed by atoms with Gasteiger partial charge in [0.05, 0.1) is 6.04 Å². The molecule has 1 aromatic rings. The maximum absolute atomic E-state index is 12.3. The fourth-order valence-corrected chi connectivity index (χ4v) is 4.91. The Balaban J connectivity index is 1.25. The highest BCUT2D eigenvalue weighted by molar-refractivity contribution is 5.92. The van der Waals surface area contributed by atoms with Gasteiger partial charge in [-0.05, 0) is 68.9 Å². The largest absolute Gasteiger partial charge is 0.351 e. The zero-order valence-corrected chi connectivity index (χ0v) is 13.8. The zero-order valence-electron chi connectivity index (χ0n) is 13.8. The van der Waals surface area contributed by atoms with Crippen LogP contribution in [0.2, 0.25) is 0 Å². The third kappa shape index (κ3) is 3.30. The number of hydrogen-bond donors (Lipinski definition) is 2. The van der Waals surface area contributed by atoms with E-state index < -0.39 is 0 Å². The van der Waals surface area contributed by atoms with Crippen molar-refractivity contribution in [3.63, 3.8) is 0 Å². The van der Waals surface area contributed by atoms with Gasteiger partial charge in [0, 0.05) is 19.3 Å². The number of rotatable bonds is 5. The molecule has 0 spiro atoms. The number of fused-ring (bicyclic) bond motifs is 2. The molecular weight excluding hydrogens is 288 g/mol. The van der Waals surface area contributed by atoms with Gasteiger partial charge < -0.3 is 10.6 Å². The molecule has 5 nitrogen and oxygen atoms in total. The number of amides is 1. The maximum Gasteiger partial charge on any atom is 0.271 e. The minimum atomic E-state index is -0.0179. The Kier molecular flexibility index (Phi) is 4.38. The van der Waals surface area contributed by atoms with Crippen LogP contribution in [0.25, 0.3) is 0 Å². The first kappa shape index (κ1) is 15.2. The smallest absolute Gasteiger partial charge is 0.271 e. The minimum Gasteiger partial charge on any atom is -0.351 e. The van der Waals surface area contributed by atoms with Gasteiger partial charge in [-0.3, -0.25) is 9.48 Å². The van der Waals surface area contributed by atoms with E-state index in [2.05, 4.69) is 15.7 Å². The lowest BCUT2D eigenvalue weighted by Gasteiger charge is -2.23. The molecule has 2 saturated carbocycles. The number of nitrogens with zero attached hydrogens (tertiary/aromatic N) is 2. The number of carbonyl (C=O) groups is 1. The summed E-state index contributed by atoms with van der Waals surface area (Å²) in [4.78, 5) is 12.3. The quantitative estimate of drug-likeness (QED) is 0.877. The molecule has 126 valence electrons. The van der Waals surface area contributed by atoms with Crippen LogP contribution in [0.3, 0.4) is 0 Å². The molecule has 0 aromatic carbocycles. The summed E-state index contributed by atoms with van der Waals surface area (Å²) in [5.74, 6) is 2.76. The minimum absolute atomic E-state index is 0.0179. The van der Waals surface area contributed by atoms with Crippen LogP contribution < -0.4 is 10.6 Å². The van der Waals surface area contributed by atoms with Crippen LogP contribution in [0, 0.1) is 17.8 Å². The molecule has 1 saturated heterocycles. The molecule has 4 rings (SSSR count). The van der Waals surface area contributed by atoms with Gasteiger partial charge in [0.2, 0.25) is 0 Å². The Bertz CT molecular complexity index is 549. The number of carbonyl (C=O) groups excluding carboxylic acids is 1. The van der Waals surface area contributed by atoms with Crippen molar-refractivity contribution >= 4 is 5.91 Å². The van der Waals surface area contributed by atoms with Gasteiger partial charge in [-0.1, -0.05) is 6.42 Å². The second-order valence-corrected chi connectivity index (χ2v) is 7.66. The van der Waals surface area contributed by atoms with Crippen molar-refractivity contribution in [1.82, 2.24) is 20.4 Å². The van der Waals surface area contributed by atoms with Crippen LogP contribution in [-0.4, -0.2) is 35.3 Å². The van der Waals surface area contributed by atoms with E-state index in [0.29, 0.717) is 11.7 Å². The Hall–Kier alpha value is -1.36. The third-order valence-electron chi connectivity index (χ3n) is 6.17. The van der Waals surface area contributed by atoms with Crippen molar-refractivity contribution in [2.45, 2.75) is 51.0 Å². The van der Waals surface area contributed by atoms with Gasteiger partial charge in [0.15, 0.2) is 0 Å². The van der Waals surface area contributed by atoms with E-state index in [1.54, 1.807) is 0 Å². The highest BCUT2D eigenvalue weighted by atomic mass is 16.1. The number of hydrogen-bond acceptors (Lipinski definition) is 3. The highest BCUT2D eigenvalue weighted by Crippen LogP contribution is 2.49. The average Bonchev–Trinajstić information content (AvgIpc) is 3.32. The number of nitrogens with one attached hydrogen (secondary N) is 2. The van der Waals surface area contributed by atoms with E-state index in [-0.39, 0.29) is 5.91 Å². The molecule has 2 N–H and O–H groups in total. The standard InChI is InChI=1S/C18H28N4O/c23-18(20-8-5-15-11-13-3-4-14(15)10-13)17-6-9-22(21-17)16-2-1-7-19-12-16/h6,9,13-16,19H,1-5,7-8,10-12H2,(H,20,23). The van der Waals surface area contributed by atoms with Gasteiger partial charge in [0.25, 0.3) is 5.91 Å². The van der Waals surface area contributed by atoms with E-state index >= 15 is 0 Å². The molecule has 3 aliphatic rings. The van der Waals surface area contributed by atoms with E-state index in [0.717, 1.165) is 50.2 Å². The van der Waals surface area contributed by atoms with Crippen LogP contribution in [0.4, 0.5) is 0 Å². The summed E-state index contributed by atoms with van der Waals surface area (Å²) in [6, 6.07) is 2.24. The van der Waals surface area contributed by atoms with Gasteiger partial charge in [-0.25, -0.2) is 0 Å². The molecule has 0 radical (unpaired) electrons. The van der Waals surface area contributed by atoms with Crippen molar-refractivity contribution in [3.8, 4) is 0 Å². The van der Waals surface area contributed by atoms with Crippen molar-refractivity contribution in [2.24, 2.45) is 17.8 Å². The molecule has 1 amide bonds. The van der Waals surface area contributed by atoms with Crippen LogP contribution >= 0.6 is 0 Å². The summed E-state index contributed by atoms with van der Waals surface area (Å²) >= 11 is 0. The fraction of sp³-hybridized carbons (Fsp3) is 0.778. The predicted octanol–water partition coefficient (Wildman–Crippen LogP) is 2.36. The van der Waals surface area contributed by atoms with Crippen LogP contribution in [0.15, 0.2) is 12.3 Å². The fourth-order valence-electron chi connectivity index (χ4n) is 4.91. The van der Waals surface area contributed by atoms with E-state index in [1.807, 2.05) is 16.9 Å². The van der Waals surface area contributed by atoms with Gasteiger partial charge in [-0.15, -0.1) is 0 Å². The summed E-state index contributed by atoms with van der Waals surface area (Å²) in [6.07, 6.45) is 11.1. The Labute approximate surface area is 138 Å². The second-order valence-electron chi connectivity index (χ2n) is 7.66. The van der Waals surface area contributed by atoms with Crippen molar-refractivity contribution in [3.05, 3.63) is 18.0 Å². The topological polar surface area (TPSA) is 59.0 Å². The van der Waals surface area contributed by atoms with Gasteiger partial charge >= 0.3 is 0 Å². The second kappa shape index (κ2) is 6.63. The van der Waals surface area contributed by atoms with Crippen molar-refractivity contribution in [1.29, 1.82) is 0 Å². The zero-order chi connectivity index (χ0) is 15.6. The Morgan fingerprint density at radius 2 is 2.30 bits per heavy atom. The molecule has 2 aliphatic carbocycles. The van der Waals surface area contributed by atoms with Crippen LogP contribution in [0.1, 0.15) is 61.5 Å². The summed E-state index contributed by atoms with van der Waals surface area (Å²) in [5, 5.41) is 10.9. The molecule has 23 heavy (non-hydrogen) atoms. The first-order valence-corrected chi connectivity index (χ1v) is 9.33. The van der Waals surface area contributed by atoms with E-state index in [1.165, 1.54) is 32.1 Å². The molecule has 4 unspecified atom stereocenters. The van der Waals surface area contributed by atoms with Crippen molar-refractivity contribution < 1.29 is 4.79 Å². The lowest BCUT2D eigenvalue weighted by atomic mass is 9.86. The summed E-state index contributed by atoms with van der Waals surface area (Å²) < 4.78 is 1.96. The first-order chi connectivity index (χ1) is 11.3.